The van der Waals surface area contributed by atoms with Crippen molar-refractivity contribution in [3.8, 4) is 10.6 Å². The zero-order chi connectivity index (χ0) is 10.8. The summed E-state index contributed by atoms with van der Waals surface area (Å²) in [5.41, 5.74) is 7.17. The molecule has 2 nitrogen and oxygen atoms in total. The van der Waals surface area contributed by atoms with Crippen LogP contribution in [-0.4, -0.2) is 9.97 Å². The number of thiazole rings is 1. The van der Waals surface area contributed by atoms with Crippen LogP contribution in [0.4, 0.5) is 0 Å². The molecule has 1 heterocycles. The van der Waals surface area contributed by atoms with Crippen molar-refractivity contribution < 1.29 is 0 Å². The van der Waals surface area contributed by atoms with Gasteiger partial charge in [0.1, 0.15) is 15.7 Å². The summed E-state index contributed by atoms with van der Waals surface area (Å²) in [4.78, 5) is 4.64. The monoisotopic (exact) mass is 254 g/mol. The lowest BCUT2D eigenvalue weighted by Gasteiger charge is -1.95. The third-order valence-corrected chi connectivity index (χ3v) is 3.20. The molecule has 0 bridgehead atoms. The van der Waals surface area contributed by atoms with Gasteiger partial charge in [-0.2, -0.15) is 0 Å². The molecule has 2 N–H and O–H groups in total. The van der Waals surface area contributed by atoms with Gasteiger partial charge in [0.25, 0.3) is 0 Å². The number of hydrogen-bond donors (Lipinski definition) is 1. The maximum absolute atomic E-state index is 5.80. The van der Waals surface area contributed by atoms with Crippen LogP contribution in [-0.2, 0) is 0 Å². The topological polar surface area (TPSA) is 38.9 Å². The van der Waals surface area contributed by atoms with E-state index in [2.05, 4.69) is 4.98 Å². The normalized spacial score (nSPS) is 10.2. The SMILES string of the molecule is NC(=S)c1csc(-c2ccc(Cl)cc2)n1. The van der Waals surface area contributed by atoms with Crippen LogP contribution in [0.15, 0.2) is 29.6 Å². The summed E-state index contributed by atoms with van der Waals surface area (Å²) in [5, 5.41) is 3.46. The molecule has 0 aliphatic rings. The Kier molecular flexibility index (Phi) is 3.00. The highest BCUT2D eigenvalue weighted by Gasteiger charge is 2.05. The molecule has 2 rings (SSSR count). The Bertz CT molecular complexity index is 490. The minimum absolute atomic E-state index is 0.325. The molecule has 0 spiro atoms. The molecule has 15 heavy (non-hydrogen) atoms. The van der Waals surface area contributed by atoms with Crippen LogP contribution in [0.3, 0.4) is 0 Å². The van der Waals surface area contributed by atoms with Crippen LogP contribution in [0.5, 0.6) is 0 Å². The summed E-state index contributed by atoms with van der Waals surface area (Å²) >= 11 is 12.2. The van der Waals surface area contributed by atoms with E-state index in [9.17, 15) is 0 Å². The molecule has 0 aliphatic heterocycles. The van der Waals surface area contributed by atoms with Crippen molar-refractivity contribution >= 4 is 40.1 Å². The molecule has 0 radical (unpaired) electrons. The molecule has 0 aliphatic carbocycles. The number of thiocarbonyl (C=S) groups is 1. The maximum Gasteiger partial charge on any atom is 0.124 e. The molecule has 0 atom stereocenters. The fraction of sp³-hybridized carbons (Fsp3) is 0. The predicted molar refractivity (Wildman–Crippen MR) is 68.4 cm³/mol. The smallest absolute Gasteiger partial charge is 0.124 e. The summed E-state index contributed by atoms with van der Waals surface area (Å²) < 4.78 is 0. The first-order valence-corrected chi connectivity index (χ1v) is 5.84. The van der Waals surface area contributed by atoms with Crippen molar-refractivity contribution in [2.24, 2.45) is 5.73 Å². The van der Waals surface area contributed by atoms with E-state index in [1.807, 2.05) is 29.6 Å². The van der Waals surface area contributed by atoms with E-state index in [0.29, 0.717) is 15.7 Å². The van der Waals surface area contributed by atoms with Crippen LogP contribution in [0.25, 0.3) is 10.6 Å². The number of benzene rings is 1. The molecule has 2 aromatic rings. The van der Waals surface area contributed by atoms with E-state index in [1.54, 1.807) is 0 Å². The number of rotatable bonds is 2. The fourth-order valence-corrected chi connectivity index (χ4v) is 2.24. The van der Waals surface area contributed by atoms with E-state index in [-0.39, 0.29) is 0 Å². The van der Waals surface area contributed by atoms with Gasteiger partial charge in [0.05, 0.1) is 0 Å². The van der Waals surface area contributed by atoms with Crippen LogP contribution < -0.4 is 5.73 Å². The Morgan fingerprint density at radius 3 is 2.53 bits per heavy atom. The Labute approximate surface area is 102 Å². The van der Waals surface area contributed by atoms with Crippen LogP contribution in [0.1, 0.15) is 5.69 Å². The lowest BCUT2D eigenvalue weighted by atomic mass is 10.2. The van der Waals surface area contributed by atoms with Gasteiger partial charge in [-0.05, 0) is 12.1 Å². The molecular weight excluding hydrogens is 248 g/mol. The molecule has 0 unspecified atom stereocenters. The van der Waals surface area contributed by atoms with E-state index < -0.39 is 0 Å². The van der Waals surface area contributed by atoms with Gasteiger partial charge in [0.2, 0.25) is 0 Å². The standard InChI is InChI=1S/C10H7ClN2S2/c11-7-3-1-6(2-4-7)10-13-8(5-15-10)9(12)14/h1-5H,(H2,12,14). The molecule has 0 saturated heterocycles. The first-order valence-electron chi connectivity index (χ1n) is 4.18. The fourth-order valence-electron chi connectivity index (χ4n) is 1.11. The maximum atomic E-state index is 5.80. The van der Waals surface area contributed by atoms with Crippen LogP contribution >= 0.6 is 35.2 Å². The van der Waals surface area contributed by atoms with Gasteiger partial charge < -0.3 is 5.73 Å². The summed E-state index contributed by atoms with van der Waals surface area (Å²) in [6.45, 7) is 0. The molecule has 0 fully saturated rings. The number of halogens is 1. The largest absolute Gasteiger partial charge is 0.388 e. The summed E-state index contributed by atoms with van der Waals surface area (Å²) in [6, 6.07) is 7.51. The Morgan fingerprint density at radius 2 is 2.00 bits per heavy atom. The Hall–Kier alpha value is -0.970. The Morgan fingerprint density at radius 1 is 1.33 bits per heavy atom. The van der Waals surface area contributed by atoms with E-state index in [1.165, 1.54) is 11.3 Å². The van der Waals surface area contributed by atoms with Gasteiger partial charge in [-0.3, -0.25) is 0 Å². The molecule has 5 heteroatoms. The van der Waals surface area contributed by atoms with Crippen LogP contribution in [0, 0.1) is 0 Å². The summed E-state index contributed by atoms with van der Waals surface area (Å²) in [5.74, 6) is 0. The second-order valence-electron chi connectivity index (χ2n) is 2.91. The second-order valence-corrected chi connectivity index (χ2v) is 4.64. The minimum atomic E-state index is 0.325. The Balaban J connectivity index is 2.37. The van der Waals surface area contributed by atoms with Gasteiger partial charge in [-0.25, -0.2) is 4.98 Å². The summed E-state index contributed by atoms with van der Waals surface area (Å²) in [6.07, 6.45) is 0. The van der Waals surface area contributed by atoms with Crippen molar-refractivity contribution in [3.63, 3.8) is 0 Å². The number of nitrogens with zero attached hydrogens (tertiary/aromatic N) is 1. The first-order chi connectivity index (χ1) is 7.16. The van der Waals surface area contributed by atoms with Crippen molar-refractivity contribution in [3.05, 3.63) is 40.4 Å². The molecule has 1 aromatic heterocycles. The second kappa shape index (κ2) is 4.26. The first kappa shape index (κ1) is 10.5. The third-order valence-electron chi connectivity index (χ3n) is 1.85. The van der Waals surface area contributed by atoms with Crippen molar-refractivity contribution in [1.82, 2.24) is 4.98 Å². The zero-order valence-corrected chi connectivity index (χ0v) is 9.99. The predicted octanol–water partition coefficient (Wildman–Crippen LogP) is 3.10. The van der Waals surface area contributed by atoms with Crippen molar-refractivity contribution in [1.29, 1.82) is 0 Å². The highest BCUT2D eigenvalue weighted by molar-refractivity contribution is 7.80. The van der Waals surface area contributed by atoms with Gasteiger partial charge >= 0.3 is 0 Å². The molecule has 0 saturated carbocycles. The number of hydrogen-bond acceptors (Lipinski definition) is 3. The van der Waals surface area contributed by atoms with Gasteiger partial charge in [0.15, 0.2) is 0 Å². The molecule has 0 amide bonds. The minimum Gasteiger partial charge on any atom is -0.388 e. The van der Waals surface area contributed by atoms with E-state index >= 15 is 0 Å². The molecule has 76 valence electrons. The van der Waals surface area contributed by atoms with E-state index in [4.69, 9.17) is 29.6 Å². The quantitative estimate of drug-likeness (QED) is 0.837. The average Bonchev–Trinajstić information content (AvgIpc) is 2.68. The molecule has 1 aromatic carbocycles. The highest BCUT2D eigenvalue weighted by atomic mass is 35.5. The van der Waals surface area contributed by atoms with Crippen LogP contribution in [0.2, 0.25) is 5.02 Å². The highest BCUT2D eigenvalue weighted by Crippen LogP contribution is 2.24. The third kappa shape index (κ3) is 2.34. The average molecular weight is 255 g/mol. The van der Waals surface area contributed by atoms with E-state index in [0.717, 1.165) is 10.6 Å². The van der Waals surface area contributed by atoms with Crippen molar-refractivity contribution in [2.75, 3.05) is 0 Å². The summed E-state index contributed by atoms with van der Waals surface area (Å²) in [7, 11) is 0. The number of aromatic nitrogens is 1. The van der Waals surface area contributed by atoms with Gasteiger partial charge in [-0.1, -0.05) is 36.0 Å². The molecular formula is C10H7ClN2S2. The van der Waals surface area contributed by atoms with Crippen molar-refractivity contribution in [2.45, 2.75) is 0 Å². The number of nitrogens with two attached hydrogens (primary N) is 1. The lowest BCUT2D eigenvalue weighted by molar-refractivity contribution is 1.37. The zero-order valence-electron chi connectivity index (χ0n) is 7.61. The lowest BCUT2D eigenvalue weighted by Crippen LogP contribution is -2.09. The van der Waals surface area contributed by atoms with Gasteiger partial charge in [-0.15, -0.1) is 11.3 Å². The van der Waals surface area contributed by atoms with Gasteiger partial charge in [0, 0.05) is 16.0 Å².